The molecule has 0 radical (unpaired) electrons. The molecule has 0 fully saturated rings. The van der Waals surface area contributed by atoms with Gasteiger partial charge in [0.1, 0.15) is 11.5 Å². The number of hydrogen-bond donors (Lipinski definition) is 3. The van der Waals surface area contributed by atoms with Gasteiger partial charge in [-0.1, -0.05) is 18.2 Å². The van der Waals surface area contributed by atoms with Gasteiger partial charge in [-0.25, -0.2) is 10.2 Å². The van der Waals surface area contributed by atoms with Gasteiger partial charge in [-0.3, -0.25) is 10.2 Å². The van der Waals surface area contributed by atoms with Crippen LogP contribution in [0.1, 0.15) is 21.9 Å². The Morgan fingerprint density at radius 3 is 2.52 bits per heavy atom. The number of amides is 3. The summed E-state index contributed by atoms with van der Waals surface area (Å²) in [6.45, 7) is 3.95. The maximum atomic E-state index is 11.9. The highest BCUT2D eigenvalue weighted by Crippen LogP contribution is 2.15. The van der Waals surface area contributed by atoms with Crippen LogP contribution < -0.4 is 16.2 Å². The Morgan fingerprint density at radius 2 is 1.87 bits per heavy atom. The Kier molecular flexibility index (Phi) is 6.10. The highest BCUT2D eigenvalue weighted by Gasteiger charge is 2.13. The van der Waals surface area contributed by atoms with E-state index in [1.807, 2.05) is 30.3 Å². The molecule has 0 saturated heterocycles. The molecule has 0 aliphatic rings. The molecule has 0 unspecified atom stereocenters. The number of aryl methyl sites for hydroxylation is 2. The molecule has 6 nitrogen and oxygen atoms in total. The first-order chi connectivity index (χ1) is 11.1. The van der Waals surface area contributed by atoms with Gasteiger partial charge in [0.05, 0.1) is 5.56 Å². The highest BCUT2D eigenvalue weighted by atomic mass is 32.2. The van der Waals surface area contributed by atoms with E-state index in [0.717, 1.165) is 10.6 Å². The van der Waals surface area contributed by atoms with E-state index in [2.05, 4.69) is 16.2 Å². The minimum absolute atomic E-state index is 0.405. The van der Waals surface area contributed by atoms with Crippen molar-refractivity contribution >= 4 is 23.7 Å². The SMILES string of the molecule is Cc1cc(C(=O)NNC(=O)NCCSc2ccccc2)c(C)o1. The van der Waals surface area contributed by atoms with Crippen LogP contribution in [0, 0.1) is 13.8 Å². The second-order valence-electron chi connectivity index (χ2n) is 4.82. The molecule has 122 valence electrons. The maximum absolute atomic E-state index is 11.9. The van der Waals surface area contributed by atoms with Gasteiger partial charge in [0.25, 0.3) is 5.91 Å². The quantitative estimate of drug-likeness (QED) is 0.446. The Bertz CT molecular complexity index is 670. The zero-order valence-corrected chi connectivity index (χ0v) is 13.8. The second kappa shape index (κ2) is 8.28. The van der Waals surface area contributed by atoms with Crippen molar-refractivity contribution in [1.82, 2.24) is 16.2 Å². The molecule has 0 bridgehead atoms. The lowest BCUT2D eigenvalue weighted by atomic mass is 10.2. The van der Waals surface area contributed by atoms with Gasteiger partial charge < -0.3 is 9.73 Å². The summed E-state index contributed by atoms with van der Waals surface area (Å²) in [6.07, 6.45) is 0. The van der Waals surface area contributed by atoms with Gasteiger partial charge in [-0.2, -0.15) is 0 Å². The van der Waals surface area contributed by atoms with E-state index in [9.17, 15) is 9.59 Å². The molecule has 1 heterocycles. The van der Waals surface area contributed by atoms with Crippen LogP contribution in [-0.4, -0.2) is 24.2 Å². The predicted molar refractivity (Wildman–Crippen MR) is 89.3 cm³/mol. The fourth-order valence-corrected chi connectivity index (χ4v) is 2.72. The van der Waals surface area contributed by atoms with E-state index in [1.54, 1.807) is 31.7 Å². The minimum atomic E-state index is -0.454. The molecule has 2 aromatic rings. The molecule has 2 rings (SSSR count). The van der Waals surface area contributed by atoms with Crippen molar-refractivity contribution in [1.29, 1.82) is 0 Å². The Balaban J connectivity index is 1.65. The molecule has 7 heteroatoms. The molecule has 0 saturated carbocycles. The summed E-state index contributed by atoms with van der Waals surface area (Å²) >= 11 is 1.65. The number of benzene rings is 1. The summed E-state index contributed by atoms with van der Waals surface area (Å²) in [7, 11) is 0. The van der Waals surface area contributed by atoms with Gasteiger partial charge >= 0.3 is 6.03 Å². The van der Waals surface area contributed by atoms with E-state index in [0.29, 0.717) is 23.6 Å². The standard InChI is InChI=1S/C16H19N3O3S/c1-11-10-14(12(2)22-11)15(20)18-19-16(21)17-8-9-23-13-6-4-3-5-7-13/h3-7,10H,8-9H2,1-2H3,(H,18,20)(H2,17,19,21). The van der Waals surface area contributed by atoms with Gasteiger partial charge in [0, 0.05) is 17.2 Å². The van der Waals surface area contributed by atoms with Crippen LogP contribution in [0.3, 0.4) is 0 Å². The number of nitrogens with one attached hydrogen (secondary N) is 3. The summed E-state index contributed by atoms with van der Waals surface area (Å²) in [5.41, 5.74) is 5.06. The summed E-state index contributed by atoms with van der Waals surface area (Å²) in [5.74, 6) is 1.50. The lowest BCUT2D eigenvalue weighted by Crippen LogP contribution is -2.47. The Labute approximate surface area is 139 Å². The number of carbonyl (C=O) groups excluding carboxylic acids is 2. The fraction of sp³-hybridized carbons (Fsp3) is 0.250. The third-order valence-corrected chi connectivity index (χ3v) is 3.99. The van der Waals surface area contributed by atoms with E-state index in [-0.39, 0.29) is 0 Å². The normalized spacial score (nSPS) is 10.2. The molecule has 3 N–H and O–H groups in total. The molecule has 3 amide bonds. The summed E-state index contributed by atoms with van der Waals surface area (Å²) in [6, 6.07) is 11.1. The average Bonchev–Trinajstić information content (AvgIpc) is 2.89. The lowest BCUT2D eigenvalue weighted by Gasteiger charge is -2.08. The third-order valence-electron chi connectivity index (χ3n) is 2.97. The van der Waals surface area contributed by atoms with Gasteiger partial charge in [0.2, 0.25) is 0 Å². The van der Waals surface area contributed by atoms with E-state index in [4.69, 9.17) is 4.42 Å². The summed E-state index contributed by atoms with van der Waals surface area (Å²) in [4.78, 5) is 24.6. The molecule has 0 aliphatic carbocycles. The van der Waals surface area contributed by atoms with Crippen LogP contribution >= 0.6 is 11.8 Å². The number of hydrazine groups is 1. The first-order valence-electron chi connectivity index (χ1n) is 7.15. The summed E-state index contributed by atoms with van der Waals surface area (Å²) in [5, 5.41) is 2.67. The molecule has 23 heavy (non-hydrogen) atoms. The minimum Gasteiger partial charge on any atom is -0.466 e. The first kappa shape index (κ1) is 17.0. The maximum Gasteiger partial charge on any atom is 0.333 e. The van der Waals surface area contributed by atoms with Crippen LogP contribution in [0.15, 0.2) is 45.7 Å². The zero-order chi connectivity index (χ0) is 16.7. The number of furan rings is 1. The van der Waals surface area contributed by atoms with Crippen molar-refractivity contribution in [2.75, 3.05) is 12.3 Å². The zero-order valence-electron chi connectivity index (χ0n) is 13.0. The average molecular weight is 333 g/mol. The predicted octanol–water partition coefficient (Wildman–Crippen LogP) is 2.63. The molecule has 0 aliphatic heterocycles. The van der Waals surface area contributed by atoms with Crippen LogP contribution in [-0.2, 0) is 0 Å². The number of urea groups is 1. The monoisotopic (exact) mass is 333 g/mol. The van der Waals surface area contributed by atoms with E-state index >= 15 is 0 Å². The third kappa shape index (κ3) is 5.37. The molecular weight excluding hydrogens is 314 g/mol. The van der Waals surface area contributed by atoms with Crippen LogP contribution in [0.4, 0.5) is 4.79 Å². The van der Waals surface area contributed by atoms with Crippen molar-refractivity contribution in [3.8, 4) is 0 Å². The molecular formula is C16H19N3O3S. The molecule has 1 aromatic carbocycles. The van der Waals surface area contributed by atoms with Crippen molar-refractivity contribution in [2.24, 2.45) is 0 Å². The Morgan fingerprint density at radius 1 is 1.13 bits per heavy atom. The topological polar surface area (TPSA) is 83.4 Å². The fourth-order valence-electron chi connectivity index (χ4n) is 1.93. The molecule has 0 atom stereocenters. The Hall–Kier alpha value is -2.41. The lowest BCUT2D eigenvalue weighted by molar-refractivity contribution is 0.0935. The number of carbonyl (C=O) groups is 2. The highest BCUT2D eigenvalue weighted by molar-refractivity contribution is 7.99. The van der Waals surface area contributed by atoms with Crippen molar-refractivity contribution in [3.63, 3.8) is 0 Å². The first-order valence-corrected chi connectivity index (χ1v) is 8.14. The smallest absolute Gasteiger partial charge is 0.333 e. The van der Waals surface area contributed by atoms with Crippen LogP contribution in [0.5, 0.6) is 0 Å². The second-order valence-corrected chi connectivity index (χ2v) is 5.99. The summed E-state index contributed by atoms with van der Waals surface area (Å²) < 4.78 is 5.27. The number of rotatable bonds is 5. The van der Waals surface area contributed by atoms with Gasteiger partial charge in [-0.05, 0) is 32.0 Å². The molecule has 0 spiro atoms. The number of thioether (sulfide) groups is 1. The van der Waals surface area contributed by atoms with E-state index < -0.39 is 11.9 Å². The molecule has 1 aromatic heterocycles. The largest absolute Gasteiger partial charge is 0.466 e. The number of hydrogen-bond acceptors (Lipinski definition) is 4. The van der Waals surface area contributed by atoms with Crippen molar-refractivity contribution in [3.05, 3.63) is 53.5 Å². The van der Waals surface area contributed by atoms with Crippen molar-refractivity contribution < 1.29 is 14.0 Å². The van der Waals surface area contributed by atoms with Crippen molar-refractivity contribution in [2.45, 2.75) is 18.7 Å². The van der Waals surface area contributed by atoms with Gasteiger partial charge in [-0.15, -0.1) is 11.8 Å². The van der Waals surface area contributed by atoms with Crippen LogP contribution in [0.2, 0.25) is 0 Å². The van der Waals surface area contributed by atoms with E-state index in [1.165, 1.54) is 0 Å². The van der Waals surface area contributed by atoms with Gasteiger partial charge in [0.15, 0.2) is 0 Å². The van der Waals surface area contributed by atoms with Crippen LogP contribution in [0.25, 0.3) is 0 Å².